The van der Waals surface area contributed by atoms with Crippen LogP contribution in [-0.4, -0.2) is 37.1 Å². The lowest BCUT2D eigenvalue weighted by molar-refractivity contribution is 0.290. The lowest BCUT2D eigenvalue weighted by Gasteiger charge is -2.11. The number of hydrogen-bond donors (Lipinski definition) is 1. The lowest BCUT2D eigenvalue weighted by Crippen LogP contribution is -2.18. The first-order chi connectivity index (χ1) is 13.7. The third-order valence-electron chi connectivity index (χ3n) is 4.35. The van der Waals surface area contributed by atoms with Crippen LogP contribution in [-0.2, 0) is 6.61 Å². The maximum atomic E-state index is 11.9. The molecule has 0 amide bonds. The molecule has 0 aliphatic carbocycles. The zero-order valence-electron chi connectivity index (χ0n) is 15.4. The minimum absolute atomic E-state index is 0.237. The van der Waals surface area contributed by atoms with Gasteiger partial charge in [0.1, 0.15) is 12.4 Å². The van der Waals surface area contributed by atoms with Crippen LogP contribution < -0.4 is 15.2 Å². The average Bonchev–Trinajstić information content (AvgIpc) is 3.36. The number of nitrogens with zero attached hydrogens (tertiary/aromatic N) is 5. The smallest absolute Gasteiger partial charge is 0.365 e. The predicted octanol–water partition coefficient (Wildman–Crippen LogP) is 2.04. The van der Waals surface area contributed by atoms with Crippen LogP contribution in [0.1, 0.15) is 11.1 Å². The molecule has 0 aliphatic rings. The Hall–Kier alpha value is -3.88. The second kappa shape index (κ2) is 7.39. The van der Waals surface area contributed by atoms with E-state index in [0.29, 0.717) is 11.6 Å². The fourth-order valence-electron chi connectivity index (χ4n) is 2.84. The first kappa shape index (κ1) is 17.5. The van der Waals surface area contributed by atoms with Gasteiger partial charge in [-0.1, -0.05) is 12.1 Å². The van der Waals surface area contributed by atoms with Crippen molar-refractivity contribution in [2.75, 3.05) is 7.11 Å². The molecule has 2 aromatic heterocycles. The summed E-state index contributed by atoms with van der Waals surface area (Å²) in [5.41, 5.74) is 2.91. The van der Waals surface area contributed by atoms with Crippen molar-refractivity contribution in [3.05, 3.63) is 76.3 Å². The molecule has 0 saturated heterocycles. The first-order valence-corrected chi connectivity index (χ1v) is 8.58. The van der Waals surface area contributed by atoms with Crippen molar-refractivity contribution >= 4 is 0 Å². The fraction of sp³-hybridized carbons (Fsp3) is 0.158. The number of hydrogen-bond acceptors (Lipinski definition) is 6. The molecule has 28 heavy (non-hydrogen) atoms. The summed E-state index contributed by atoms with van der Waals surface area (Å²) in [4.78, 5) is 11.9. The maximum absolute atomic E-state index is 11.9. The molecule has 4 aromatic rings. The zero-order valence-corrected chi connectivity index (χ0v) is 15.4. The lowest BCUT2D eigenvalue weighted by atomic mass is 10.1. The van der Waals surface area contributed by atoms with Crippen molar-refractivity contribution in [2.45, 2.75) is 13.5 Å². The van der Waals surface area contributed by atoms with Crippen LogP contribution in [0.15, 0.2) is 59.5 Å². The molecular weight excluding hydrogens is 360 g/mol. The quantitative estimate of drug-likeness (QED) is 0.551. The summed E-state index contributed by atoms with van der Waals surface area (Å²) in [6.07, 6.45) is 1.82. The van der Waals surface area contributed by atoms with Gasteiger partial charge >= 0.3 is 5.69 Å². The largest absolute Gasteiger partial charge is 0.497 e. The van der Waals surface area contributed by atoms with Crippen molar-refractivity contribution in [3.63, 3.8) is 0 Å². The summed E-state index contributed by atoms with van der Waals surface area (Å²) in [7, 11) is 1.63. The van der Waals surface area contributed by atoms with Crippen LogP contribution in [0.2, 0.25) is 0 Å². The van der Waals surface area contributed by atoms with Crippen LogP contribution >= 0.6 is 0 Å². The van der Waals surface area contributed by atoms with E-state index in [0.717, 1.165) is 22.6 Å². The van der Waals surface area contributed by atoms with Crippen LogP contribution in [0.3, 0.4) is 0 Å². The molecule has 9 nitrogen and oxygen atoms in total. The van der Waals surface area contributed by atoms with Gasteiger partial charge in [-0.05, 0) is 53.2 Å². The second-order valence-corrected chi connectivity index (χ2v) is 6.08. The topological polar surface area (TPSA) is 99.9 Å². The second-order valence-electron chi connectivity index (χ2n) is 6.08. The van der Waals surface area contributed by atoms with Gasteiger partial charge in [-0.25, -0.2) is 14.6 Å². The third-order valence-corrected chi connectivity index (χ3v) is 4.35. The predicted molar refractivity (Wildman–Crippen MR) is 101 cm³/mol. The van der Waals surface area contributed by atoms with Gasteiger partial charge in [-0.2, -0.15) is 4.68 Å². The molecule has 0 aliphatic heterocycles. The Morgan fingerprint density at radius 1 is 1.11 bits per heavy atom. The molecule has 2 aromatic carbocycles. The standard InChI is InChI=1S/C19H18N6O3/c1-13-4-3-5-17(25-19(26)20-22-23-25)16(13)12-28-18-10-11-24(21-18)14-6-8-15(27-2)9-7-14/h3-11H,12H2,1-2H3,(H,20,23,26). The first-order valence-electron chi connectivity index (χ1n) is 8.58. The van der Waals surface area contributed by atoms with Gasteiger partial charge in [-0.15, -0.1) is 5.10 Å². The normalized spacial score (nSPS) is 10.8. The van der Waals surface area contributed by atoms with Gasteiger partial charge in [-0.3, -0.25) is 0 Å². The molecule has 0 radical (unpaired) electrons. The van der Waals surface area contributed by atoms with Crippen molar-refractivity contribution < 1.29 is 9.47 Å². The minimum Gasteiger partial charge on any atom is -0.497 e. The highest BCUT2D eigenvalue weighted by atomic mass is 16.5. The molecule has 0 atom stereocenters. The van der Waals surface area contributed by atoms with E-state index in [-0.39, 0.29) is 6.61 Å². The van der Waals surface area contributed by atoms with Gasteiger partial charge in [0.2, 0.25) is 5.88 Å². The Morgan fingerprint density at radius 3 is 2.64 bits per heavy atom. The van der Waals surface area contributed by atoms with Gasteiger partial charge in [0.05, 0.1) is 18.5 Å². The van der Waals surface area contributed by atoms with E-state index in [1.54, 1.807) is 23.9 Å². The van der Waals surface area contributed by atoms with Crippen molar-refractivity contribution in [1.29, 1.82) is 0 Å². The molecule has 0 unspecified atom stereocenters. The summed E-state index contributed by atoms with van der Waals surface area (Å²) in [6.45, 7) is 2.18. The van der Waals surface area contributed by atoms with E-state index >= 15 is 0 Å². The molecule has 9 heteroatoms. The highest BCUT2D eigenvalue weighted by Crippen LogP contribution is 2.20. The summed E-state index contributed by atoms with van der Waals surface area (Å²) >= 11 is 0. The van der Waals surface area contributed by atoms with Crippen molar-refractivity contribution in [2.24, 2.45) is 0 Å². The number of ether oxygens (including phenoxy) is 2. The van der Waals surface area contributed by atoms with Crippen LogP contribution in [0.25, 0.3) is 11.4 Å². The monoisotopic (exact) mass is 378 g/mol. The zero-order chi connectivity index (χ0) is 19.5. The van der Waals surface area contributed by atoms with E-state index < -0.39 is 5.69 Å². The van der Waals surface area contributed by atoms with Crippen LogP contribution in [0.4, 0.5) is 0 Å². The molecule has 0 fully saturated rings. The van der Waals surface area contributed by atoms with E-state index in [1.165, 1.54) is 4.68 Å². The molecule has 4 rings (SSSR count). The number of nitrogens with one attached hydrogen (secondary N) is 1. The number of aryl methyl sites for hydroxylation is 1. The maximum Gasteiger partial charge on any atom is 0.365 e. The number of aromatic nitrogens is 6. The van der Waals surface area contributed by atoms with Crippen LogP contribution in [0.5, 0.6) is 11.6 Å². The SMILES string of the molecule is COc1ccc(-n2ccc(OCc3c(C)cccc3-n3nn[nH]c3=O)n2)cc1. The molecule has 0 saturated carbocycles. The number of methoxy groups -OCH3 is 1. The van der Waals surface area contributed by atoms with Crippen LogP contribution in [0, 0.1) is 6.92 Å². The average molecular weight is 378 g/mol. The Kier molecular flexibility index (Phi) is 4.63. The summed E-state index contributed by atoms with van der Waals surface area (Å²) in [5, 5.41) is 14.1. The molecule has 0 bridgehead atoms. The Labute approximate surface area is 160 Å². The number of H-pyrrole nitrogens is 1. The van der Waals surface area contributed by atoms with Crippen molar-refractivity contribution in [1.82, 2.24) is 30.0 Å². The van der Waals surface area contributed by atoms with Gasteiger partial charge in [0, 0.05) is 17.8 Å². The molecule has 142 valence electrons. The number of rotatable bonds is 6. The van der Waals surface area contributed by atoms with Gasteiger partial charge in [0.25, 0.3) is 0 Å². The highest BCUT2D eigenvalue weighted by Gasteiger charge is 2.13. The van der Waals surface area contributed by atoms with E-state index in [4.69, 9.17) is 9.47 Å². The van der Waals surface area contributed by atoms with E-state index in [9.17, 15) is 4.79 Å². The third kappa shape index (κ3) is 3.37. The van der Waals surface area contributed by atoms with Gasteiger partial charge < -0.3 is 9.47 Å². The number of tetrazole rings is 1. The Balaban J connectivity index is 1.55. The van der Waals surface area contributed by atoms with Gasteiger partial charge in [0.15, 0.2) is 0 Å². The molecular formula is C19H18N6O3. The summed E-state index contributed by atoms with van der Waals surface area (Å²) < 4.78 is 14.0. The summed E-state index contributed by atoms with van der Waals surface area (Å²) in [5.74, 6) is 1.25. The number of benzene rings is 2. The van der Waals surface area contributed by atoms with E-state index in [2.05, 4.69) is 20.6 Å². The minimum atomic E-state index is -0.407. The molecule has 1 N–H and O–H groups in total. The Morgan fingerprint density at radius 2 is 1.93 bits per heavy atom. The van der Waals surface area contributed by atoms with E-state index in [1.807, 2.05) is 49.5 Å². The fourth-order valence-corrected chi connectivity index (χ4v) is 2.84. The summed E-state index contributed by atoms with van der Waals surface area (Å²) in [6, 6.07) is 14.9. The van der Waals surface area contributed by atoms with Crippen molar-refractivity contribution in [3.8, 4) is 23.0 Å². The Bertz CT molecular complexity index is 1140. The molecule has 0 spiro atoms. The molecule has 2 heterocycles. The highest BCUT2D eigenvalue weighted by molar-refractivity contribution is 5.44. The number of aromatic amines is 1.